The predicted octanol–water partition coefficient (Wildman–Crippen LogP) is 2.29. The lowest BCUT2D eigenvalue weighted by Crippen LogP contribution is -2.64. The largest absolute Gasteiger partial charge is 0.378 e. The van der Waals surface area contributed by atoms with E-state index in [2.05, 4.69) is 24.1 Å². The molecule has 1 aromatic rings. The van der Waals surface area contributed by atoms with Crippen molar-refractivity contribution in [1.82, 2.24) is 10.3 Å². The number of pyridine rings is 1. The first-order valence-corrected chi connectivity index (χ1v) is 8.22. The van der Waals surface area contributed by atoms with Crippen molar-refractivity contribution >= 4 is 17.4 Å². The minimum Gasteiger partial charge on any atom is -0.378 e. The van der Waals surface area contributed by atoms with Crippen LogP contribution in [0.2, 0.25) is 0 Å². The fourth-order valence-electron chi connectivity index (χ4n) is 3.66. The van der Waals surface area contributed by atoms with Crippen molar-refractivity contribution in [2.75, 3.05) is 12.3 Å². The second kappa shape index (κ2) is 7.12. The Kier molecular flexibility index (Phi) is 5.38. The lowest BCUT2D eigenvalue weighted by molar-refractivity contribution is -0.384. The van der Waals surface area contributed by atoms with Gasteiger partial charge in [-0.2, -0.15) is 0 Å². The Balaban J connectivity index is 2.22. The molecule has 0 radical (unpaired) electrons. The molecule has 0 aromatic carbocycles. The molecule has 24 heavy (non-hydrogen) atoms. The zero-order chi connectivity index (χ0) is 17.9. The highest BCUT2D eigenvalue weighted by molar-refractivity contribution is 5.99. The number of nitrogen functional groups attached to an aromatic ring is 1. The summed E-state index contributed by atoms with van der Waals surface area (Å²) >= 11 is 0. The number of rotatable bonds is 7. The van der Waals surface area contributed by atoms with Gasteiger partial charge in [0.2, 0.25) is 5.82 Å². The minimum atomic E-state index is -0.673. The van der Waals surface area contributed by atoms with Gasteiger partial charge in [0.25, 0.3) is 5.91 Å². The van der Waals surface area contributed by atoms with Gasteiger partial charge in [0.1, 0.15) is 5.56 Å². The highest BCUT2D eigenvalue weighted by atomic mass is 16.6. The Bertz CT molecular complexity index is 631. The van der Waals surface area contributed by atoms with Gasteiger partial charge >= 0.3 is 5.69 Å². The van der Waals surface area contributed by atoms with Crippen LogP contribution < -0.4 is 11.1 Å². The number of nitrogens with zero attached hydrogens (tertiary/aromatic N) is 2. The minimum absolute atomic E-state index is 0.0616. The SMILES string of the molecule is CCO[C@@H]1C[C@@H](NC(=O)c2ccnc(N)c2[N+](=O)[O-])C1(CC)CC. The first-order chi connectivity index (χ1) is 11.4. The monoisotopic (exact) mass is 336 g/mol. The van der Waals surface area contributed by atoms with Gasteiger partial charge in [-0.1, -0.05) is 13.8 Å². The van der Waals surface area contributed by atoms with E-state index < -0.39 is 16.5 Å². The standard InChI is InChI=1S/C16H24N4O4/c1-4-16(5-2)11(9-12(16)24-6-3)19-15(21)10-7-8-18-14(17)13(10)20(22)23/h7-8,11-12H,4-6,9H2,1-3H3,(H2,17,18)(H,19,21)/t11-,12-/m1/s1. The fraction of sp³-hybridized carbons (Fsp3) is 0.625. The smallest absolute Gasteiger partial charge is 0.323 e. The van der Waals surface area contributed by atoms with Crippen LogP contribution in [0.25, 0.3) is 0 Å². The zero-order valence-corrected chi connectivity index (χ0v) is 14.2. The molecular formula is C16H24N4O4. The number of hydrogen-bond donors (Lipinski definition) is 2. The number of nitro groups is 1. The second-order valence-electron chi connectivity index (χ2n) is 6.00. The highest BCUT2D eigenvalue weighted by Crippen LogP contribution is 2.49. The lowest BCUT2D eigenvalue weighted by Gasteiger charge is -2.55. The molecule has 1 aliphatic rings. The molecule has 0 unspecified atom stereocenters. The van der Waals surface area contributed by atoms with Crippen molar-refractivity contribution in [2.24, 2.45) is 5.41 Å². The maximum absolute atomic E-state index is 12.6. The van der Waals surface area contributed by atoms with Crippen molar-refractivity contribution in [3.8, 4) is 0 Å². The number of aromatic nitrogens is 1. The summed E-state index contributed by atoms with van der Waals surface area (Å²) in [6, 6.07) is 1.24. The van der Waals surface area contributed by atoms with E-state index in [-0.39, 0.29) is 28.9 Å². The number of nitrogens with two attached hydrogens (primary N) is 1. The van der Waals surface area contributed by atoms with Gasteiger partial charge in [0.05, 0.1) is 11.0 Å². The van der Waals surface area contributed by atoms with Gasteiger partial charge in [-0.25, -0.2) is 4.98 Å². The predicted molar refractivity (Wildman–Crippen MR) is 89.6 cm³/mol. The number of nitrogens with one attached hydrogen (secondary N) is 1. The van der Waals surface area contributed by atoms with E-state index in [1.807, 2.05) is 6.92 Å². The average Bonchev–Trinajstić information content (AvgIpc) is 2.54. The van der Waals surface area contributed by atoms with Crippen LogP contribution in [0.1, 0.15) is 50.4 Å². The molecule has 8 nitrogen and oxygen atoms in total. The van der Waals surface area contributed by atoms with Crippen LogP contribution in [0.15, 0.2) is 12.3 Å². The molecule has 1 fully saturated rings. The molecule has 1 amide bonds. The van der Waals surface area contributed by atoms with Crippen molar-refractivity contribution in [3.63, 3.8) is 0 Å². The van der Waals surface area contributed by atoms with E-state index in [1.54, 1.807) is 0 Å². The molecule has 2 atom stereocenters. The molecule has 0 aliphatic heterocycles. The molecule has 0 saturated heterocycles. The Labute approximate surface area is 140 Å². The van der Waals surface area contributed by atoms with E-state index in [1.165, 1.54) is 12.3 Å². The van der Waals surface area contributed by atoms with Crippen LogP contribution in [0.3, 0.4) is 0 Å². The Morgan fingerprint density at radius 2 is 2.17 bits per heavy atom. The number of amides is 1. The number of anilines is 1. The maximum atomic E-state index is 12.6. The van der Waals surface area contributed by atoms with Gasteiger partial charge in [0.15, 0.2) is 0 Å². The zero-order valence-electron chi connectivity index (χ0n) is 14.2. The molecule has 8 heteroatoms. The van der Waals surface area contributed by atoms with Crippen LogP contribution >= 0.6 is 0 Å². The third-order valence-electron chi connectivity index (χ3n) is 5.15. The topological polar surface area (TPSA) is 120 Å². The van der Waals surface area contributed by atoms with Crippen molar-refractivity contribution in [2.45, 2.75) is 52.2 Å². The van der Waals surface area contributed by atoms with Crippen LogP contribution in [-0.4, -0.2) is 34.6 Å². The summed E-state index contributed by atoms with van der Waals surface area (Å²) in [5.41, 5.74) is 4.90. The summed E-state index contributed by atoms with van der Waals surface area (Å²) in [4.78, 5) is 26.8. The third kappa shape index (κ3) is 2.93. The van der Waals surface area contributed by atoms with E-state index in [0.717, 1.165) is 12.8 Å². The molecule has 1 heterocycles. The van der Waals surface area contributed by atoms with Crippen LogP contribution in [0, 0.1) is 15.5 Å². The number of carbonyl (C=O) groups excluding carboxylic acids is 1. The Morgan fingerprint density at radius 1 is 1.50 bits per heavy atom. The molecule has 1 saturated carbocycles. The molecule has 1 aromatic heterocycles. The van der Waals surface area contributed by atoms with E-state index in [4.69, 9.17) is 10.5 Å². The first-order valence-electron chi connectivity index (χ1n) is 8.22. The highest BCUT2D eigenvalue weighted by Gasteiger charge is 2.54. The van der Waals surface area contributed by atoms with Crippen molar-refractivity contribution in [1.29, 1.82) is 0 Å². The van der Waals surface area contributed by atoms with Crippen LogP contribution in [-0.2, 0) is 4.74 Å². The molecule has 3 N–H and O–H groups in total. The van der Waals surface area contributed by atoms with Gasteiger partial charge in [-0.3, -0.25) is 14.9 Å². The lowest BCUT2D eigenvalue weighted by atomic mass is 9.58. The fourth-order valence-corrected chi connectivity index (χ4v) is 3.66. The molecule has 0 bridgehead atoms. The van der Waals surface area contributed by atoms with Crippen LogP contribution in [0.5, 0.6) is 0 Å². The molecule has 1 aliphatic carbocycles. The first kappa shape index (κ1) is 18.1. The summed E-state index contributed by atoms with van der Waals surface area (Å²) in [6.07, 6.45) is 3.82. The number of ether oxygens (including phenoxy) is 1. The summed E-state index contributed by atoms with van der Waals surface area (Å²) in [7, 11) is 0. The Hall–Kier alpha value is -2.22. The van der Waals surface area contributed by atoms with Crippen LogP contribution in [0.4, 0.5) is 11.5 Å². The second-order valence-corrected chi connectivity index (χ2v) is 6.00. The quantitative estimate of drug-likeness (QED) is 0.582. The van der Waals surface area contributed by atoms with Crippen molar-refractivity contribution < 1.29 is 14.5 Å². The van der Waals surface area contributed by atoms with Gasteiger partial charge in [0, 0.05) is 24.3 Å². The van der Waals surface area contributed by atoms with Gasteiger partial charge < -0.3 is 15.8 Å². The Morgan fingerprint density at radius 3 is 2.71 bits per heavy atom. The number of carbonyl (C=O) groups is 1. The summed E-state index contributed by atoms with van der Waals surface area (Å²) < 4.78 is 5.78. The summed E-state index contributed by atoms with van der Waals surface area (Å²) in [5.74, 6) is -0.757. The summed E-state index contributed by atoms with van der Waals surface area (Å²) in [5, 5.41) is 14.1. The average molecular weight is 336 g/mol. The van der Waals surface area contributed by atoms with Crippen molar-refractivity contribution in [3.05, 3.63) is 27.9 Å². The third-order valence-corrected chi connectivity index (χ3v) is 5.15. The van der Waals surface area contributed by atoms with E-state index in [9.17, 15) is 14.9 Å². The molecule has 132 valence electrons. The number of hydrogen-bond acceptors (Lipinski definition) is 6. The maximum Gasteiger partial charge on any atom is 0.323 e. The van der Waals surface area contributed by atoms with E-state index in [0.29, 0.717) is 13.0 Å². The molecular weight excluding hydrogens is 312 g/mol. The summed E-state index contributed by atoms with van der Waals surface area (Å²) in [6.45, 7) is 6.71. The van der Waals surface area contributed by atoms with Gasteiger partial charge in [-0.05, 0) is 32.3 Å². The van der Waals surface area contributed by atoms with E-state index >= 15 is 0 Å². The molecule has 2 rings (SSSR count). The van der Waals surface area contributed by atoms with Gasteiger partial charge in [-0.15, -0.1) is 0 Å². The molecule has 0 spiro atoms. The normalized spacial score (nSPS) is 21.8.